The lowest BCUT2D eigenvalue weighted by Crippen LogP contribution is -2.29. The van der Waals surface area contributed by atoms with Crippen molar-refractivity contribution >= 4 is 23.5 Å². The Hall–Kier alpha value is -3.06. The van der Waals surface area contributed by atoms with Gasteiger partial charge < -0.3 is 20.3 Å². The molecule has 3 rings (SSSR count). The average molecular weight is 368 g/mol. The number of carbonyl (C=O) groups is 2. The zero-order chi connectivity index (χ0) is 19.2. The monoisotopic (exact) mass is 368 g/mol. The Morgan fingerprint density at radius 1 is 1.15 bits per heavy atom. The molecule has 0 atom stereocenters. The molecule has 27 heavy (non-hydrogen) atoms. The number of rotatable bonds is 6. The minimum absolute atomic E-state index is 0.296. The van der Waals surface area contributed by atoms with Crippen molar-refractivity contribution in [2.75, 3.05) is 37.5 Å². The summed E-state index contributed by atoms with van der Waals surface area (Å²) in [6.45, 7) is 2.14. The highest BCUT2D eigenvalue weighted by molar-refractivity contribution is 5.93. The molecule has 0 radical (unpaired) electrons. The van der Waals surface area contributed by atoms with Crippen LogP contribution >= 0.6 is 0 Å². The van der Waals surface area contributed by atoms with Crippen molar-refractivity contribution in [3.63, 3.8) is 0 Å². The Balaban J connectivity index is 1.59. The maximum absolute atomic E-state index is 12.3. The summed E-state index contributed by atoms with van der Waals surface area (Å²) in [5.74, 6) is 0. The second kappa shape index (κ2) is 8.55. The van der Waals surface area contributed by atoms with Crippen LogP contribution in [0.5, 0.6) is 0 Å². The largest absolute Gasteiger partial charge is 0.447 e. The summed E-state index contributed by atoms with van der Waals surface area (Å²) >= 11 is 0. The maximum Gasteiger partial charge on any atom is 0.414 e. The van der Waals surface area contributed by atoms with E-state index in [9.17, 15) is 9.59 Å². The zero-order valence-electron chi connectivity index (χ0n) is 15.6. The molecule has 3 amide bonds. The molecular weight excluding hydrogens is 344 g/mol. The van der Waals surface area contributed by atoms with Gasteiger partial charge in [0.2, 0.25) is 0 Å². The SMILES string of the molecule is CN(C)Cc1ccccc1CNC(=O)Nc1cccc(N2CCOC2=O)c1. The molecule has 2 aromatic rings. The Kier molecular flexibility index (Phi) is 5.93. The lowest BCUT2D eigenvalue weighted by atomic mass is 10.1. The predicted octanol–water partition coefficient (Wildman–Crippen LogP) is 3.03. The van der Waals surface area contributed by atoms with Gasteiger partial charge in [-0.15, -0.1) is 0 Å². The fourth-order valence-electron chi connectivity index (χ4n) is 2.96. The molecule has 1 aliphatic rings. The lowest BCUT2D eigenvalue weighted by molar-refractivity contribution is 0.181. The van der Waals surface area contributed by atoms with Crippen molar-refractivity contribution in [3.8, 4) is 0 Å². The van der Waals surface area contributed by atoms with Crippen LogP contribution in [0.15, 0.2) is 48.5 Å². The van der Waals surface area contributed by atoms with Crippen molar-refractivity contribution in [1.82, 2.24) is 10.2 Å². The second-order valence-electron chi connectivity index (χ2n) is 6.63. The van der Waals surface area contributed by atoms with Crippen LogP contribution in [-0.4, -0.2) is 44.3 Å². The van der Waals surface area contributed by atoms with E-state index in [1.165, 1.54) is 5.56 Å². The number of amides is 3. The van der Waals surface area contributed by atoms with Gasteiger partial charge in [-0.3, -0.25) is 4.90 Å². The standard InChI is InChI=1S/C20H24N4O3/c1-23(2)14-16-7-4-3-6-15(16)13-21-19(25)22-17-8-5-9-18(12-17)24-10-11-27-20(24)26/h3-9,12H,10-11,13-14H2,1-2H3,(H2,21,22,25). The molecule has 2 aromatic carbocycles. The number of anilines is 2. The first-order valence-electron chi connectivity index (χ1n) is 8.83. The van der Waals surface area contributed by atoms with Crippen molar-refractivity contribution in [1.29, 1.82) is 0 Å². The Bertz CT molecular complexity index is 822. The number of nitrogens with zero attached hydrogens (tertiary/aromatic N) is 2. The minimum atomic E-state index is -0.367. The number of nitrogens with one attached hydrogen (secondary N) is 2. The molecule has 2 N–H and O–H groups in total. The zero-order valence-corrected chi connectivity index (χ0v) is 15.6. The van der Waals surface area contributed by atoms with Crippen LogP contribution < -0.4 is 15.5 Å². The molecule has 0 unspecified atom stereocenters. The Labute approximate surface area is 158 Å². The number of cyclic esters (lactones) is 1. The van der Waals surface area contributed by atoms with Gasteiger partial charge >= 0.3 is 12.1 Å². The van der Waals surface area contributed by atoms with Crippen LogP contribution in [0.2, 0.25) is 0 Å². The van der Waals surface area contributed by atoms with Gasteiger partial charge in [0.1, 0.15) is 6.61 Å². The second-order valence-corrected chi connectivity index (χ2v) is 6.63. The fourth-order valence-corrected chi connectivity index (χ4v) is 2.96. The predicted molar refractivity (Wildman–Crippen MR) is 105 cm³/mol. The highest BCUT2D eigenvalue weighted by Crippen LogP contribution is 2.22. The first-order chi connectivity index (χ1) is 13.0. The average Bonchev–Trinajstić information content (AvgIpc) is 3.07. The van der Waals surface area contributed by atoms with E-state index < -0.39 is 0 Å². The van der Waals surface area contributed by atoms with Gasteiger partial charge in [0.25, 0.3) is 0 Å². The van der Waals surface area contributed by atoms with Gasteiger partial charge in [-0.05, 0) is 43.4 Å². The number of benzene rings is 2. The fraction of sp³-hybridized carbons (Fsp3) is 0.300. The van der Waals surface area contributed by atoms with Gasteiger partial charge in [0.05, 0.1) is 6.54 Å². The molecule has 0 aromatic heterocycles. The molecule has 0 bridgehead atoms. The van der Waals surface area contributed by atoms with Crippen molar-refractivity contribution in [2.24, 2.45) is 0 Å². The van der Waals surface area contributed by atoms with Crippen LogP contribution in [0.1, 0.15) is 11.1 Å². The highest BCUT2D eigenvalue weighted by atomic mass is 16.6. The van der Waals surface area contributed by atoms with Gasteiger partial charge in [0.15, 0.2) is 0 Å². The molecule has 0 saturated carbocycles. The van der Waals surface area contributed by atoms with Crippen LogP contribution in [0.4, 0.5) is 21.0 Å². The van der Waals surface area contributed by atoms with E-state index in [0.717, 1.165) is 12.1 Å². The van der Waals surface area contributed by atoms with Crippen LogP contribution in [0.3, 0.4) is 0 Å². The van der Waals surface area contributed by atoms with E-state index in [-0.39, 0.29) is 12.1 Å². The van der Waals surface area contributed by atoms with E-state index in [0.29, 0.717) is 31.1 Å². The summed E-state index contributed by atoms with van der Waals surface area (Å²) in [5, 5.41) is 5.70. The summed E-state index contributed by atoms with van der Waals surface area (Å²) in [7, 11) is 4.03. The third kappa shape index (κ3) is 4.98. The van der Waals surface area contributed by atoms with Gasteiger partial charge in [-0.1, -0.05) is 30.3 Å². The minimum Gasteiger partial charge on any atom is -0.447 e. The number of hydrogen-bond acceptors (Lipinski definition) is 4. The maximum atomic E-state index is 12.3. The van der Waals surface area contributed by atoms with Gasteiger partial charge in [0, 0.05) is 24.5 Å². The molecule has 7 heteroatoms. The molecule has 1 saturated heterocycles. The lowest BCUT2D eigenvalue weighted by Gasteiger charge is -2.16. The Morgan fingerprint density at radius 2 is 1.93 bits per heavy atom. The molecular formula is C20H24N4O3. The molecule has 7 nitrogen and oxygen atoms in total. The van der Waals surface area contributed by atoms with Crippen molar-refractivity contribution < 1.29 is 14.3 Å². The van der Waals surface area contributed by atoms with E-state index in [2.05, 4.69) is 21.6 Å². The molecule has 1 aliphatic heterocycles. The van der Waals surface area contributed by atoms with E-state index in [1.807, 2.05) is 38.4 Å². The number of ether oxygens (including phenoxy) is 1. The topological polar surface area (TPSA) is 73.9 Å². The first-order valence-corrected chi connectivity index (χ1v) is 8.83. The normalized spacial score (nSPS) is 13.6. The van der Waals surface area contributed by atoms with E-state index in [1.54, 1.807) is 23.1 Å². The third-order valence-electron chi connectivity index (χ3n) is 4.22. The van der Waals surface area contributed by atoms with Gasteiger partial charge in [-0.2, -0.15) is 0 Å². The summed E-state index contributed by atoms with van der Waals surface area (Å²) in [6, 6.07) is 14.9. The molecule has 1 fully saturated rings. The third-order valence-corrected chi connectivity index (χ3v) is 4.22. The molecule has 0 spiro atoms. The molecule has 142 valence electrons. The number of carbonyl (C=O) groups excluding carboxylic acids is 2. The first kappa shape index (κ1) is 18.7. The summed E-state index contributed by atoms with van der Waals surface area (Å²) in [6.07, 6.45) is -0.367. The summed E-state index contributed by atoms with van der Waals surface area (Å²) in [5.41, 5.74) is 3.57. The van der Waals surface area contributed by atoms with E-state index in [4.69, 9.17) is 4.74 Å². The van der Waals surface area contributed by atoms with E-state index >= 15 is 0 Å². The van der Waals surface area contributed by atoms with Crippen LogP contribution in [0, 0.1) is 0 Å². The van der Waals surface area contributed by atoms with Crippen molar-refractivity contribution in [3.05, 3.63) is 59.7 Å². The number of urea groups is 1. The smallest absolute Gasteiger partial charge is 0.414 e. The molecule has 0 aliphatic carbocycles. The summed E-state index contributed by atoms with van der Waals surface area (Å²) < 4.78 is 4.95. The van der Waals surface area contributed by atoms with Gasteiger partial charge in [-0.25, -0.2) is 9.59 Å². The quantitative estimate of drug-likeness (QED) is 0.822. The summed E-state index contributed by atoms with van der Waals surface area (Å²) in [4.78, 5) is 27.6. The molecule has 1 heterocycles. The van der Waals surface area contributed by atoms with Crippen LogP contribution in [-0.2, 0) is 17.8 Å². The Morgan fingerprint density at radius 3 is 2.63 bits per heavy atom. The van der Waals surface area contributed by atoms with Crippen molar-refractivity contribution in [2.45, 2.75) is 13.1 Å². The number of hydrogen-bond donors (Lipinski definition) is 2. The highest BCUT2D eigenvalue weighted by Gasteiger charge is 2.23. The van der Waals surface area contributed by atoms with Crippen LogP contribution in [0.25, 0.3) is 0 Å².